The van der Waals surface area contributed by atoms with Crippen LogP contribution in [0.2, 0.25) is 0 Å². The number of benzene rings is 1. The molecule has 0 unspecified atom stereocenters. The number of carbonyl (C=O) groups excluding carboxylic acids is 1. The molecule has 1 aliphatic heterocycles. The van der Waals surface area contributed by atoms with Crippen LogP contribution in [0, 0.1) is 11.6 Å². The van der Waals surface area contributed by atoms with Crippen molar-refractivity contribution in [3.05, 3.63) is 65.7 Å². The maximum absolute atomic E-state index is 13.4. The van der Waals surface area contributed by atoms with E-state index >= 15 is 0 Å². The molecule has 8 heteroatoms. The Hall–Kier alpha value is -3.16. The number of amides is 1. The van der Waals surface area contributed by atoms with Gasteiger partial charge in [0.15, 0.2) is 11.6 Å². The SMILES string of the molecule is O=C(c1ccc(F)c(F)c1)N1CCC[C@H]1c1nc(-c2ccccn2)no1. The number of pyridine rings is 1. The Kier molecular flexibility index (Phi) is 4.16. The van der Waals surface area contributed by atoms with Crippen LogP contribution in [0.5, 0.6) is 0 Å². The van der Waals surface area contributed by atoms with Gasteiger partial charge in [-0.25, -0.2) is 8.78 Å². The summed E-state index contributed by atoms with van der Waals surface area (Å²) in [5.74, 6) is -1.80. The molecule has 1 aliphatic rings. The highest BCUT2D eigenvalue weighted by Gasteiger charge is 2.35. The summed E-state index contributed by atoms with van der Waals surface area (Å²) >= 11 is 0. The van der Waals surface area contributed by atoms with Crippen LogP contribution in [0.4, 0.5) is 8.78 Å². The van der Waals surface area contributed by atoms with Gasteiger partial charge < -0.3 is 9.42 Å². The molecule has 26 heavy (non-hydrogen) atoms. The van der Waals surface area contributed by atoms with Gasteiger partial charge in [0.05, 0.1) is 0 Å². The summed E-state index contributed by atoms with van der Waals surface area (Å²) in [5.41, 5.74) is 0.652. The Balaban J connectivity index is 1.60. The number of hydrogen-bond acceptors (Lipinski definition) is 5. The van der Waals surface area contributed by atoms with Crippen molar-refractivity contribution in [2.24, 2.45) is 0 Å². The molecule has 0 N–H and O–H groups in total. The van der Waals surface area contributed by atoms with E-state index in [1.807, 2.05) is 6.07 Å². The smallest absolute Gasteiger partial charge is 0.254 e. The Bertz CT molecular complexity index is 945. The highest BCUT2D eigenvalue weighted by Crippen LogP contribution is 2.33. The molecule has 0 spiro atoms. The molecule has 1 saturated heterocycles. The second-order valence-electron chi connectivity index (χ2n) is 5.96. The molecule has 1 fully saturated rings. The largest absolute Gasteiger partial charge is 0.337 e. The second kappa shape index (κ2) is 6.62. The highest BCUT2D eigenvalue weighted by molar-refractivity contribution is 5.94. The van der Waals surface area contributed by atoms with Crippen LogP contribution >= 0.6 is 0 Å². The van der Waals surface area contributed by atoms with E-state index in [9.17, 15) is 13.6 Å². The lowest BCUT2D eigenvalue weighted by atomic mass is 10.1. The average molecular weight is 356 g/mol. The molecule has 3 heterocycles. The van der Waals surface area contributed by atoms with Crippen LogP contribution < -0.4 is 0 Å². The number of nitrogens with zero attached hydrogens (tertiary/aromatic N) is 4. The topological polar surface area (TPSA) is 72.1 Å². The molecule has 132 valence electrons. The predicted molar refractivity (Wildman–Crippen MR) is 86.9 cm³/mol. The Morgan fingerprint density at radius 2 is 2.08 bits per heavy atom. The molecule has 3 aromatic rings. The maximum atomic E-state index is 13.4. The van der Waals surface area contributed by atoms with E-state index in [0.29, 0.717) is 30.4 Å². The van der Waals surface area contributed by atoms with Gasteiger partial charge in [-0.1, -0.05) is 11.2 Å². The van der Waals surface area contributed by atoms with Crippen molar-refractivity contribution >= 4 is 5.91 Å². The lowest BCUT2D eigenvalue weighted by Gasteiger charge is -2.21. The first-order valence-corrected chi connectivity index (χ1v) is 8.14. The molecular formula is C18H14F2N4O2. The van der Waals surface area contributed by atoms with Gasteiger partial charge in [-0.3, -0.25) is 9.78 Å². The minimum absolute atomic E-state index is 0.0836. The van der Waals surface area contributed by atoms with Gasteiger partial charge in [0.25, 0.3) is 5.91 Å². The Morgan fingerprint density at radius 1 is 1.19 bits per heavy atom. The van der Waals surface area contributed by atoms with Crippen LogP contribution in [0.25, 0.3) is 11.5 Å². The van der Waals surface area contributed by atoms with Gasteiger partial charge in [-0.2, -0.15) is 4.98 Å². The van der Waals surface area contributed by atoms with Crippen molar-refractivity contribution < 1.29 is 18.1 Å². The van der Waals surface area contributed by atoms with Crippen molar-refractivity contribution in [2.75, 3.05) is 6.54 Å². The van der Waals surface area contributed by atoms with E-state index in [1.165, 1.54) is 6.07 Å². The molecule has 0 saturated carbocycles. The van der Waals surface area contributed by atoms with Gasteiger partial charge >= 0.3 is 0 Å². The molecule has 1 aromatic carbocycles. The van der Waals surface area contributed by atoms with E-state index in [-0.39, 0.29) is 5.56 Å². The molecule has 6 nitrogen and oxygen atoms in total. The van der Waals surface area contributed by atoms with Crippen LogP contribution in [-0.2, 0) is 0 Å². The van der Waals surface area contributed by atoms with E-state index < -0.39 is 23.6 Å². The summed E-state index contributed by atoms with van der Waals surface area (Å²) in [4.78, 5) is 22.8. The number of rotatable bonds is 3. The zero-order chi connectivity index (χ0) is 18.1. The maximum Gasteiger partial charge on any atom is 0.254 e. The normalized spacial score (nSPS) is 16.8. The van der Waals surface area contributed by atoms with Crippen LogP contribution in [0.3, 0.4) is 0 Å². The summed E-state index contributed by atoms with van der Waals surface area (Å²) in [7, 11) is 0. The van der Waals surface area contributed by atoms with Gasteiger partial charge in [0.2, 0.25) is 11.7 Å². The third-order valence-corrected chi connectivity index (χ3v) is 4.30. The average Bonchev–Trinajstić information content (AvgIpc) is 3.33. The molecular weight excluding hydrogens is 342 g/mol. The summed E-state index contributed by atoms with van der Waals surface area (Å²) < 4.78 is 31.9. The molecule has 1 amide bonds. The number of hydrogen-bond donors (Lipinski definition) is 0. The van der Waals surface area contributed by atoms with E-state index in [2.05, 4.69) is 15.1 Å². The third kappa shape index (κ3) is 2.94. The lowest BCUT2D eigenvalue weighted by molar-refractivity contribution is 0.0709. The van der Waals surface area contributed by atoms with E-state index in [4.69, 9.17) is 4.52 Å². The Labute approximate surface area is 147 Å². The van der Waals surface area contributed by atoms with Gasteiger partial charge in [-0.05, 0) is 43.2 Å². The van der Waals surface area contributed by atoms with Crippen molar-refractivity contribution in [1.29, 1.82) is 0 Å². The Morgan fingerprint density at radius 3 is 2.85 bits per heavy atom. The van der Waals surface area contributed by atoms with Crippen molar-refractivity contribution in [2.45, 2.75) is 18.9 Å². The highest BCUT2D eigenvalue weighted by atomic mass is 19.2. The van der Waals surface area contributed by atoms with E-state index in [1.54, 1.807) is 23.2 Å². The second-order valence-corrected chi connectivity index (χ2v) is 5.96. The zero-order valence-corrected chi connectivity index (χ0v) is 13.6. The van der Waals surface area contributed by atoms with Crippen molar-refractivity contribution in [3.63, 3.8) is 0 Å². The number of carbonyl (C=O) groups is 1. The summed E-state index contributed by atoms with van der Waals surface area (Å²) in [6.07, 6.45) is 3.03. The number of likely N-dealkylation sites (tertiary alicyclic amines) is 1. The van der Waals surface area contributed by atoms with Crippen LogP contribution in [-0.4, -0.2) is 32.5 Å². The molecule has 1 atom stereocenters. The standard InChI is InChI=1S/C18H14F2N4O2/c19-12-7-6-11(10-13(12)20)18(25)24-9-3-5-15(24)17-22-16(23-26-17)14-4-1-2-8-21-14/h1-2,4,6-8,10,15H,3,5,9H2/t15-/m0/s1. The third-order valence-electron chi connectivity index (χ3n) is 4.30. The van der Waals surface area contributed by atoms with Crippen molar-refractivity contribution in [3.8, 4) is 11.5 Å². The minimum atomic E-state index is -1.05. The van der Waals surface area contributed by atoms with Gasteiger partial charge in [0.1, 0.15) is 11.7 Å². The van der Waals surface area contributed by atoms with E-state index in [0.717, 1.165) is 18.6 Å². The fraction of sp³-hybridized carbons (Fsp3) is 0.222. The molecule has 0 bridgehead atoms. The predicted octanol–water partition coefficient (Wildman–Crippen LogP) is 3.39. The monoisotopic (exact) mass is 356 g/mol. The van der Waals surface area contributed by atoms with Gasteiger partial charge in [0, 0.05) is 18.3 Å². The van der Waals surface area contributed by atoms with Gasteiger partial charge in [-0.15, -0.1) is 0 Å². The molecule has 0 radical (unpaired) electrons. The minimum Gasteiger partial charge on any atom is -0.337 e. The lowest BCUT2D eigenvalue weighted by Crippen LogP contribution is -2.30. The number of aromatic nitrogens is 3. The first-order valence-electron chi connectivity index (χ1n) is 8.14. The van der Waals surface area contributed by atoms with Crippen LogP contribution in [0.1, 0.15) is 35.1 Å². The zero-order valence-electron chi connectivity index (χ0n) is 13.6. The summed E-state index contributed by atoms with van der Waals surface area (Å²) in [6.45, 7) is 0.476. The molecule has 4 rings (SSSR count). The molecule has 2 aromatic heterocycles. The number of halogens is 2. The fourth-order valence-electron chi connectivity index (χ4n) is 3.03. The van der Waals surface area contributed by atoms with Crippen molar-refractivity contribution in [1.82, 2.24) is 20.0 Å². The first kappa shape index (κ1) is 16.3. The van der Waals surface area contributed by atoms with Crippen LogP contribution in [0.15, 0.2) is 47.1 Å². The summed E-state index contributed by atoms with van der Waals surface area (Å²) in [5, 5.41) is 3.93. The fourth-order valence-corrected chi connectivity index (χ4v) is 3.03. The molecule has 0 aliphatic carbocycles. The quantitative estimate of drug-likeness (QED) is 0.719. The summed E-state index contributed by atoms with van der Waals surface area (Å²) in [6, 6.07) is 8.06. The first-order chi connectivity index (χ1) is 12.6.